The first kappa shape index (κ1) is 20.3. The third-order valence-electron chi connectivity index (χ3n) is 5.97. The zero-order chi connectivity index (χ0) is 20.2. The molecule has 0 saturated heterocycles. The first-order chi connectivity index (χ1) is 14.1. The van der Waals surface area contributed by atoms with Gasteiger partial charge in [0.15, 0.2) is 11.6 Å². The molecule has 3 heteroatoms. The molecule has 0 atom stereocenters. The van der Waals surface area contributed by atoms with E-state index in [1.807, 2.05) is 12.1 Å². The van der Waals surface area contributed by atoms with Crippen LogP contribution in [0.15, 0.2) is 59.1 Å². The molecule has 0 spiro atoms. The zero-order valence-electron chi connectivity index (χ0n) is 16.5. The molecule has 150 valence electrons. The monoisotopic (exact) mass is 454 g/mol. The lowest BCUT2D eigenvalue weighted by Gasteiger charge is -2.19. The molecule has 0 N–H and O–H groups in total. The number of fused-ring (bicyclic) bond motifs is 2. The van der Waals surface area contributed by atoms with Crippen molar-refractivity contribution in [1.82, 2.24) is 0 Å². The topological polar surface area (TPSA) is 0 Å². The molecule has 3 aromatic carbocycles. The fraction of sp³-hybridized carbons (Fsp3) is 0.308. The van der Waals surface area contributed by atoms with E-state index in [-0.39, 0.29) is 0 Å². The standard InChI is InChI=1S/C16H14F2.C10H11Br/c17-15-9-8-12(10-16(15)18)14-7-3-5-11-4-1-2-6-13(11)14;11-10-7-3-5-8-4-1-2-6-9(8)10/h3,5,7-10H,1-2,4,6H2;3,5,7H,1-2,4,6H2. The lowest BCUT2D eigenvalue weighted by atomic mass is 9.86. The van der Waals surface area contributed by atoms with Crippen LogP contribution in [0.2, 0.25) is 0 Å². The molecular formula is C26H25BrF2. The summed E-state index contributed by atoms with van der Waals surface area (Å²) in [7, 11) is 0. The third-order valence-corrected chi connectivity index (χ3v) is 6.71. The molecule has 0 heterocycles. The maximum atomic E-state index is 13.3. The van der Waals surface area contributed by atoms with Gasteiger partial charge in [0.1, 0.15) is 0 Å². The van der Waals surface area contributed by atoms with Crippen molar-refractivity contribution in [2.24, 2.45) is 0 Å². The molecule has 0 aliphatic heterocycles. The Morgan fingerprint density at radius 1 is 0.621 bits per heavy atom. The van der Waals surface area contributed by atoms with E-state index < -0.39 is 11.6 Å². The van der Waals surface area contributed by atoms with Crippen LogP contribution in [0, 0.1) is 11.6 Å². The average molecular weight is 455 g/mol. The maximum Gasteiger partial charge on any atom is 0.159 e. The van der Waals surface area contributed by atoms with Gasteiger partial charge in [-0.2, -0.15) is 0 Å². The van der Waals surface area contributed by atoms with Crippen molar-refractivity contribution in [2.45, 2.75) is 51.4 Å². The predicted octanol–water partition coefficient (Wildman–Crippen LogP) is 7.84. The molecule has 0 bridgehead atoms. The quantitative estimate of drug-likeness (QED) is 0.351. The van der Waals surface area contributed by atoms with E-state index in [1.165, 1.54) is 66.3 Å². The van der Waals surface area contributed by atoms with Crippen molar-refractivity contribution in [3.05, 3.63) is 93.0 Å². The minimum absolute atomic E-state index is 0.771. The Morgan fingerprint density at radius 3 is 1.93 bits per heavy atom. The molecule has 0 saturated carbocycles. The van der Waals surface area contributed by atoms with Gasteiger partial charge in [0.2, 0.25) is 0 Å². The van der Waals surface area contributed by atoms with Crippen molar-refractivity contribution < 1.29 is 8.78 Å². The second kappa shape index (κ2) is 9.21. The molecule has 29 heavy (non-hydrogen) atoms. The lowest BCUT2D eigenvalue weighted by Crippen LogP contribution is -2.04. The van der Waals surface area contributed by atoms with Gasteiger partial charge >= 0.3 is 0 Å². The van der Waals surface area contributed by atoms with Gasteiger partial charge in [0.05, 0.1) is 0 Å². The van der Waals surface area contributed by atoms with Crippen LogP contribution in [0.1, 0.15) is 47.9 Å². The zero-order valence-corrected chi connectivity index (χ0v) is 18.1. The summed E-state index contributed by atoms with van der Waals surface area (Å²) in [6.45, 7) is 0. The Morgan fingerprint density at radius 2 is 1.24 bits per heavy atom. The summed E-state index contributed by atoms with van der Waals surface area (Å²) in [5, 5.41) is 0. The number of rotatable bonds is 1. The molecule has 2 aliphatic carbocycles. The minimum Gasteiger partial charge on any atom is -0.204 e. The first-order valence-electron chi connectivity index (χ1n) is 10.5. The number of hydrogen-bond donors (Lipinski definition) is 0. The number of halogens is 3. The first-order valence-corrected chi connectivity index (χ1v) is 11.3. The van der Waals surface area contributed by atoms with Crippen LogP contribution >= 0.6 is 15.9 Å². The van der Waals surface area contributed by atoms with Crippen LogP contribution in [0.25, 0.3) is 11.1 Å². The summed E-state index contributed by atoms with van der Waals surface area (Å²) in [5.41, 5.74) is 7.56. The van der Waals surface area contributed by atoms with Gasteiger partial charge in [0, 0.05) is 4.47 Å². The van der Waals surface area contributed by atoms with Crippen molar-refractivity contribution in [3.63, 3.8) is 0 Å². The van der Waals surface area contributed by atoms with E-state index in [4.69, 9.17) is 0 Å². The number of aryl methyl sites for hydroxylation is 2. The van der Waals surface area contributed by atoms with E-state index in [0.29, 0.717) is 0 Å². The van der Waals surface area contributed by atoms with Gasteiger partial charge in [-0.1, -0.05) is 52.3 Å². The lowest BCUT2D eigenvalue weighted by molar-refractivity contribution is 0.509. The van der Waals surface area contributed by atoms with Crippen LogP contribution in [0.5, 0.6) is 0 Å². The van der Waals surface area contributed by atoms with Crippen LogP contribution in [-0.2, 0) is 25.7 Å². The molecule has 0 fully saturated rings. The van der Waals surface area contributed by atoms with Crippen LogP contribution < -0.4 is 0 Å². The Bertz CT molecular complexity index is 1010. The molecule has 2 aliphatic rings. The molecule has 0 amide bonds. The van der Waals surface area contributed by atoms with Crippen molar-refractivity contribution in [3.8, 4) is 11.1 Å². The van der Waals surface area contributed by atoms with Crippen LogP contribution in [-0.4, -0.2) is 0 Å². The van der Waals surface area contributed by atoms with Crippen molar-refractivity contribution in [1.29, 1.82) is 0 Å². The predicted molar refractivity (Wildman–Crippen MR) is 119 cm³/mol. The second-order valence-corrected chi connectivity index (χ2v) is 8.72. The highest BCUT2D eigenvalue weighted by molar-refractivity contribution is 9.10. The molecule has 0 aromatic heterocycles. The van der Waals surface area contributed by atoms with Crippen molar-refractivity contribution >= 4 is 15.9 Å². The average Bonchev–Trinajstić information content (AvgIpc) is 2.76. The fourth-order valence-corrected chi connectivity index (χ4v) is 5.06. The Balaban J connectivity index is 0.000000159. The Hall–Kier alpha value is -2.00. The van der Waals surface area contributed by atoms with Gasteiger partial charge < -0.3 is 0 Å². The van der Waals surface area contributed by atoms with E-state index in [1.54, 1.807) is 17.2 Å². The number of hydrogen-bond acceptors (Lipinski definition) is 0. The summed E-state index contributed by atoms with van der Waals surface area (Å²) in [5.74, 6) is -1.57. The third kappa shape index (κ3) is 4.61. The smallest absolute Gasteiger partial charge is 0.159 e. The molecule has 3 aromatic rings. The summed E-state index contributed by atoms with van der Waals surface area (Å²) < 4.78 is 27.6. The van der Waals surface area contributed by atoms with Gasteiger partial charge in [-0.3, -0.25) is 0 Å². The highest BCUT2D eigenvalue weighted by Crippen LogP contribution is 2.32. The largest absolute Gasteiger partial charge is 0.204 e. The number of benzene rings is 3. The minimum atomic E-state index is -0.788. The molecular weight excluding hydrogens is 430 g/mol. The summed E-state index contributed by atoms with van der Waals surface area (Å²) >= 11 is 3.58. The van der Waals surface area contributed by atoms with Crippen molar-refractivity contribution in [2.75, 3.05) is 0 Å². The molecule has 0 nitrogen and oxygen atoms in total. The Labute approximate surface area is 180 Å². The van der Waals surface area contributed by atoms with Gasteiger partial charge in [-0.15, -0.1) is 0 Å². The molecule has 0 unspecified atom stereocenters. The molecule has 0 radical (unpaired) electrons. The fourth-order valence-electron chi connectivity index (χ4n) is 4.45. The van der Waals surface area contributed by atoms with E-state index >= 15 is 0 Å². The SMILES string of the molecule is Brc1cccc2c1CCCC2.Fc1ccc(-c2cccc3c2CCCC3)cc1F. The second-order valence-electron chi connectivity index (χ2n) is 7.86. The van der Waals surface area contributed by atoms with Crippen LogP contribution in [0.4, 0.5) is 8.78 Å². The summed E-state index contributed by atoms with van der Waals surface area (Å²) in [6.07, 6.45) is 9.77. The van der Waals surface area contributed by atoms with Gasteiger partial charge in [0.25, 0.3) is 0 Å². The summed E-state index contributed by atoms with van der Waals surface area (Å²) in [4.78, 5) is 0. The molecule has 5 rings (SSSR count). The van der Waals surface area contributed by atoms with E-state index in [9.17, 15) is 8.78 Å². The Kier molecular flexibility index (Phi) is 6.44. The van der Waals surface area contributed by atoms with E-state index in [0.717, 1.165) is 24.0 Å². The highest BCUT2D eigenvalue weighted by atomic mass is 79.9. The van der Waals surface area contributed by atoms with Crippen LogP contribution in [0.3, 0.4) is 0 Å². The normalized spacial score (nSPS) is 15.0. The van der Waals surface area contributed by atoms with E-state index in [2.05, 4.69) is 40.2 Å². The summed E-state index contributed by atoms with van der Waals surface area (Å²) in [6, 6.07) is 16.8. The van der Waals surface area contributed by atoms with Gasteiger partial charge in [-0.05, 0) is 103 Å². The van der Waals surface area contributed by atoms with Gasteiger partial charge in [-0.25, -0.2) is 8.78 Å². The maximum absolute atomic E-state index is 13.3. The highest BCUT2D eigenvalue weighted by Gasteiger charge is 2.15.